The summed E-state index contributed by atoms with van der Waals surface area (Å²) in [5.41, 5.74) is 7.33. The lowest BCUT2D eigenvalue weighted by molar-refractivity contribution is -0.146. The Balaban J connectivity index is 2.03. The molecule has 2 aromatic rings. The Morgan fingerprint density at radius 3 is 2.22 bits per heavy atom. The van der Waals surface area contributed by atoms with Gasteiger partial charge in [-0.15, -0.1) is 0 Å². The number of urea groups is 1. The molecule has 2 amide bonds. The van der Waals surface area contributed by atoms with Gasteiger partial charge in [0.2, 0.25) is 5.78 Å². The zero-order valence-corrected chi connectivity index (χ0v) is 15.8. The summed E-state index contributed by atoms with van der Waals surface area (Å²) in [4.78, 5) is 35.9. The number of benzene rings is 2. The SMILES string of the molecule is Cc1ccc(C(=O)[C@H](C)OC(=O)C[C@@H](NC(N)=O)c2ccc(Cl)cc2)cc1. The van der Waals surface area contributed by atoms with Gasteiger partial charge < -0.3 is 15.8 Å². The molecular formula is C20H21ClN2O4. The van der Waals surface area contributed by atoms with Crippen molar-refractivity contribution in [3.63, 3.8) is 0 Å². The molecule has 0 saturated heterocycles. The van der Waals surface area contributed by atoms with Crippen molar-refractivity contribution < 1.29 is 19.1 Å². The standard InChI is InChI=1S/C20H21ClN2O4/c1-12-3-5-15(6-4-12)19(25)13(2)27-18(24)11-17(23-20(22)26)14-7-9-16(21)10-8-14/h3-10,13,17H,11H2,1-2H3,(H3,22,23,26)/t13-,17+/m0/s1. The first-order valence-electron chi connectivity index (χ1n) is 8.38. The number of primary amides is 1. The average Bonchev–Trinajstić information content (AvgIpc) is 2.61. The number of amides is 2. The second-order valence-corrected chi connectivity index (χ2v) is 6.62. The monoisotopic (exact) mass is 388 g/mol. The fourth-order valence-electron chi connectivity index (χ4n) is 2.54. The first kappa shape index (κ1) is 20.5. The van der Waals surface area contributed by atoms with Crippen molar-refractivity contribution in [2.45, 2.75) is 32.4 Å². The number of rotatable bonds is 7. The molecule has 2 rings (SSSR count). The van der Waals surface area contributed by atoms with Gasteiger partial charge >= 0.3 is 12.0 Å². The number of nitrogens with one attached hydrogen (secondary N) is 1. The van der Waals surface area contributed by atoms with Crippen molar-refractivity contribution in [3.8, 4) is 0 Å². The van der Waals surface area contributed by atoms with Crippen LogP contribution in [0.25, 0.3) is 0 Å². The van der Waals surface area contributed by atoms with Crippen LogP contribution in [0.3, 0.4) is 0 Å². The molecule has 0 aliphatic rings. The maximum atomic E-state index is 12.4. The van der Waals surface area contributed by atoms with Crippen molar-refractivity contribution in [3.05, 3.63) is 70.2 Å². The molecule has 2 aromatic carbocycles. The van der Waals surface area contributed by atoms with E-state index in [1.807, 2.05) is 19.1 Å². The van der Waals surface area contributed by atoms with E-state index >= 15 is 0 Å². The molecule has 142 valence electrons. The summed E-state index contributed by atoms with van der Waals surface area (Å²) in [6.45, 7) is 3.43. The quantitative estimate of drug-likeness (QED) is 0.559. The summed E-state index contributed by atoms with van der Waals surface area (Å²) in [5.74, 6) is -0.925. The van der Waals surface area contributed by atoms with Crippen LogP contribution in [0, 0.1) is 6.92 Å². The molecule has 27 heavy (non-hydrogen) atoms. The molecule has 0 aliphatic heterocycles. The van der Waals surface area contributed by atoms with Crippen molar-refractivity contribution in [2.24, 2.45) is 5.73 Å². The number of esters is 1. The summed E-state index contributed by atoms with van der Waals surface area (Å²) in [6, 6.07) is 12.2. The Morgan fingerprint density at radius 2 is 1.67 bits per heavy atom. The molecule has 0 fully saturated rings. The predicted molar refractivity (Wildman–Crippen MR) is 103 cm³/mol. The highest BCUT2D eigenvalue weighted by molar-refractivity contribution is 6.30. The van der Waals surface area contributed by atoms with E-state index in [1.165, 1.54) is 6.92 Å². The van der Waals surface area contributed by atoms with E-state index in [0.717, 1.165) is 5.56 Å². The normalized spacial score (nSPS) is 12.7. The Labute approximate surface area is 162 Å². The molecule has 0 unspecified atom stereocenters. The first-order valence-corrected chi connectivity index (χ1v) is 8.76. The van der Waals surface area contributed by atoms with E-state index in [-0.39, 0.29) is 12.2 Å². The molecule has 0 aliphatic carbocycles. The number of hydrogen-bond acceptors (Lipinski definition) is 4. The maximum Gasteiger partial charge on any atom is 0.312 e. The van der Waals surface area contributed by atoms with Crippen LogP contribution in [0.4, 0.5) is 4.79 Å². The smallest absolute Gasteiger partial charge is 0.312 e. The highest BCUT2D eigenvalue weighted by atomic mass is 35.5. The maximum absolute atomic E-state index is 12.4. The molecule has 0 radical (unpaired) electrons. The van der Waals surface area contributed by atoms with Crippen LogP contribution in [0.5, 0.6) is 0 Å². The van der Waals surface area contributed by atoms with Crippen molar-refractivity contribution in [2.75, 3.05) is 0 Å². The molecule has 0 spiro atoms. The lowest BCUT2D eigenvalue weighted by atomic mass is 10.0. The van der Waals surface area contributed by atoms with Gasteiger partial charge in [0, 0.05) is 10.6 Å². The number of ketones is 1. The summed E-state index contributed by atoms with van der Waals surface area (Å²) in [7, 11) is 0. The molecule has 6 nitrogen and oxygen atoms in total. The molecule has 0 aromatic heterocycles. The van der Waals surface area contributed by atoms with Gasteiger partial charge in [0.25, 0.3) is 0 Å². The third-order valence-corrected chi connectivity index (χ3v) is 4.23. The van der Waals surface area contributed by atoms with E-state index in [0.29, 0.717) is 16.1 Å². The molecule has 2 atom stereocenters. The zero-order chi connectivity index (χ0) is 20.0. The number of carbonyl (C=O) groups excluding carboxylic acids is 3. The Bertz CT molecular complexity index is 819. The second kappa shape index (κ2) is 9.19. The lowest BCUT2D eigenvalue weighted by Gasteiger charge is -2.19. The van der Waals surface area contributed by atoms with Crippen molar-refractivity contribution in [1.82, 2.24) is 5.32 Å². The Kier molecular flexibility index (Phi) is 6.96. The highest BCUT2D eigenvalue weighted by Crippen LogP contribution is 2.20. The molecule has 0 bridgehead atoms. The molecule has 0 saturated carbocycles. The number of aryl methyl sites for hydroxylation is 1. The fraction of sp³-hybridized carbons (Fsp3) is 0.250. The van der Waals surface area contributed by atoms with Gasteiger partial charge in [-0.25, -0.2) is 4.79 Å². The first-order chi connectivity index (χ1) is 12.8. The van der Waals surface area contributed by atoms with Gasteiger partial charge in [-0.1, -0.05) is 53.6 Å². The van der Waals surface area contributed by atoms with Gasteiger partial charge in [-0.3, -0.25) is 9.59 Å². The van der Waals surface area contributed by atoms with Gasteiger partial charge in [0.15, 0.2) is 6.10 Å². The molecule has 0 heterocycles. The molecule has 3 N–H and O–H groups in total. The molecule has 7 heteroatoms. The fourth-order valence-corrected chi connectivity index (χ4v) is 2.66. The minimum absolute atomic E-state index is 0.171. The van der Waals surface area contributed by atoms with E-state index in [4.69, 9.17) is 22.1 Å². The zero-order valence-electron chi connectivity index (χ0n) is 15.1. The van der Waals surface area contributed by atoms with Crippen LogP contribution in [-0.2, 0) is 9.53 Å². The Hall–Kier alpha value is -2.86. The summed E-state index contributed by atoms with van der Waals surface area (Å²) < 4.78 is 5.25. The summed E-state index contributed by atoms with van der Waals surface area (Å²) in [5, 5.41) is 3.02. The van der Waals surface area contributed by atoms with Crippen molar-refractivity contribution >= 4 is 29.4 Å². The number of hydrogen-bond donors (Lipinski definition) is 2. The topological polar surface area (TPSA) is 98.5 Å². The van der Waals surface area contributed by atoms with Crippen LogP contribution in [0.2, 0.25) is 5.02 Å². The van der Waals surface area contributed by atoms with E-state index in [9.17, 15) is 14.4 Å². The number of carbonyl (C=O) groups is 3. The van der Waals surface area contributed by atoms with Crippen LogP contribution < -0.4 is 11.1 Å². The van der Waals surface area contributed by atoms with Gasteiger partial charge in [-0.05, 0) is 31.5 Å². The van der Waals surface area contributed by atoms with Gasteiger partial charge in [-0.2, -0.15) is 0 Å². The van der Waals surface area contributed by atoms with Crippen molar-refractivity contribution in [1.29, 1.82) is 0 Å². The average molecular weight is 389 g/mol. The van der Waals surface area contributed by atoms with E-state index in [2.05, 4.69) is 5.32 Å². The van der Waals surface area contributed by atoms with Gasteiger partial charge in [0.1, 0.15) is 0 Å². The number of ether oxygens (including phenoxy) is 1. The van der Waals surface area contributed by atoms with Crippen LogP contribution >= 0.6 is 11.6 Å². The highest BCUT2D eigenvalue weighted by Gasteiger charge is 2.23. The second-order valence-electron chi connectivity index (χ2n) is 6.18. The summed E-state index contributed by atoms with van der Waals surface area (Å²) in [6.07, 6.45) is -1.12. The largest absolute Gasteiger partial charge is 0.454 e. The number of Topliss-reactive ketones (excluding diaryl/α,β-unsaturated/α-hetero) is 1. The molecular weight excluding hydrogens is 368 g/mol. The minimum Gasteiger partial charge on any atom is -0.454 e. The predicted octanol–water partition coefficient (Wildman–Crippen LogP) is 3.56. The van der Waals surface area contributed by atoms with Crippen LogP contribution in [0.15, 0.2) is 48.5 Å². The van der Waals surface area contributed by atoms with Crippen LogP contribution in [-0.4, -0.2) is 23.9 Å². The van der Waals surface area contributed by atoms with Crippen LogP contribution in [0.1, 0.15) is 40.9 Å². The third-order valence-electron chi connectivity index (χ3n) is 3.97. The van der Waals surface area contributed by atoms with E-state index in [1.54, 1.807) is 36.4 Å². The third kappa shape index (κ3) is 6.11. The van der Waals surface area contributed by atoms with Gasteiger partial charge in [0.05, 0.1) is 12.5 Å². The minimum atomic E-state index is -0.945. The number of nitrogens with two attached hydrogens (primary N) is 1. The van der Waals surface area contributed by atoms with E-state index < -0.39 is 24.1 Å². The lowest BCUT2D eigenvalue weighted by Crippen LogP contribution is -2.35. The number of halogens is 1. The summed E-state index contributed by atoms with van der Waals surface area (Å²) >= 11 is 5.86. The Morgan fingerprint density at radius 1 is 1.07 bits per heavy atom.